The van der Waals surface area contributed by atoms with Crippen molar-refractivity contribution in [3.05, 3.63) is 108 Å². The highest BCUT2D eigenvalue weighted by Gasteiger charge is 2.05. The average molecular weight is 332 g/mol. The summed E-state index contributed by atoms with van der Waals surface area (Å²) in [5.41, 5.74) is 4.57. The lowest BCUT2D eigenvalue weighted by molar-refractivity contribution is 1.07. The lowest BCUT2D eigenvalue weighted by atomic mass is 10.0. The molecule has 0 bridgehead atoms. The lowest BCUT2D eigenvalue weighted by Gasteiger charge is -2.07. The molecule has 0 saturated heterocycles. The van der Waals surface area contributed by atoms with Gasteiger partial charge in [0.15, 0.2) is 0 Å². The first-order chi connectivity index (χ1) is 12.4. The molecule has 0 saturated carbocycles. The van der Waals surface area contributed by atoms with Crippen LogP contribution in [0.4, 0.5) is 0 Å². The zero-order valence-corrected chi connectivity index (χ0v) is 15.8. The first kappa shape index (κ1) is 20.4. The minimum Gasteiger partial charge on any atom is -0.279 e. The van der Waals surface area contributed by atoms with E-state index in [1.165, 1.54) is 5.56 Å². The molecule has 1 nitrogen and oxygen atoms in total. The molecule has 0 aliphatic rings. The van der Waals surface area contributed by atoms with Crippen LogP contribution in [0.5, 0.6) is 0 Å². The van der Waals surface area contributed by atoms with Crippen molar-refractivity contribution in [3.63, 3.8) is 0 Å². The van der Waals surface area contributed by atoms with Crippen LogP contribution in [0, 0.1) is 0 Å². The van der Waals surface area contributed by atoms with E-state index in [0.717, 1.165) is 16.8 Å². The Hall–Kier alpha value is -2.67. The van der Waals surface area contributed by atoms with Crippen LogP contribution in [0.2, 0.25) is 0 Å². The van der Waals surface area contributed by atoms with Gasteiger partial charge in [0.2, 0.25) is 0 Å². The maximum atomic E-state index is 4.85. The zero-order valence-electron chi connectivity index (χ0n) is 15.8. The molecule has 3 aromatic rings. The van der Waals surface area contributed by atoms with Crippen molar-refractivity contribution in [1.82, 2.24) is 0 Å². The number of aliphatic imine (C=N–C) groups is 1. The lowest BCUT2D eigenvalue weighted by Crippen LogP contribution is -2.03. The van der Waals surface area contributed by atoms with Gasteiger partial charge in [-0.15, -0.1) is 0 Å². The third-order valence-corrected chi connectivity index (χ3v) is 3.36. The van der Waals surface area contributed by atoms with Gasteiger partial charge in [0.05, 0.1) is 12.3 Å². The maximum absolute atomic E-state index is 4.85. The van der Waals surface area contributed by atoms with E-state index < -0.39 is 0 Å². The van der Waals surface area contributed by atoms with Gasteiger partial charge >= 0.3 is 0 Å². The molecule has 0 N–H and O–H groups in total. The van der Waals surface area contributed by atoms with Crippen molar-refractivity contribution in [3.8, 4) is 0 Å². The highest BCUT2D eigenvalue weighted by molar-refractivity contribution is 6.12. The Morgan fingerprint density at radius 3 is 1.32 bits per heavy atom. The van der Waals surface area contributed by atoms with E-state index in [9.17, 15) is 0 Å². The quantitative estimate of drug-likeness (QED) is 0.467. The largest absolute Gasteiger partial charge is 0.279 e. The summed E-state index contributed by atoms with van der Waals surface area (Å²) in [7, 11) is 0. The Bertz CT molecular complexity index is 659. The Balaban J connectivity index is 0.000000730. The van der Waals surface area contributed by atoms with Crippen molar-refractivity contribution in [2.24, 2.45) is 4.99 Å². The van der Waals surface area contributed by atoms with E-state index in [1.807, 2.05) is 45.9 Å². The minimum atomic E-state index is 0.694. The van der Waals surface area contributed by atoms with Crippen LogP contribution in [-0.2, 0) is 6.54 Å². The molecule has 3 rings (SSSR count). The zero-order chi connectivity index (χ0) is 18.3. The fourth-order valence-electron chi connectivity index (χ4n) is 2.30. The standard InChI is InChI=1S/C20H17N.2C2H6/c1-4-10-17(11-5-1)16-21-20(18-12-6-2-7-13-18)19-14-8-3-9-15-19;2*1-2/h1-15H,16H2;2*1-2H3. The third-order valence-electron chi connectivity index (χ3n) is 3.36. The van der Waals surface area contributed by atoms with Gasteiger partial charge < -0.3 is 0 Å². The summed E-state index contributed by atoms with van der Waals surface area (Å²) in [5.74, 6) is 0. The summed E-state index contributed by atoms with van der Waals surface area (Å²) in [5, 5.41) is 0. The Morgan fingerprint density at radius 1 is 0.560 bits per heavy atom. The van der Waals surface area contributed by atoms with Gasteiger partial charge in [-0.05, 0) is 5.56 Å². The van der Waals surface area contributed by atoms with E-state index >= 15 is 0 Å². The molecule has 25 heavy (non-hydrogen) atoms. The fraction of sp³-hybridized carbons (Fsp3) is 0.208. The smallest absolute Gasteiger partial charge is 0.0723 e. The average Bonchev–Trinajstić information content (AvgIpc) is 2.74. The van der Waals surface area contributed by atoms with E-state index in [2.05, 4.69) is 72.8 Å². The summed E-state index contributed by atoms with van der Waals surface area (Å²) in [4.78, 5) is 4.85. The van der Waals surface area contributed by atoms with Crippen molar-refractivity contribution < 1.29 is 0 Å². The van der Waals surface area contributed by atoms with Gasteiger partial charge in [0, 0.05) is 11.1 Å². The molecule has 0 radical (unpaired) electrons. The number of benzene rings is 3. The van der Waals surface area contributed by atoms with E-state index in [4.69, 9.17) is 4.99 Å². The molecule has 0 spiro atoms. The van der Waals surface area contributed by atoms with Gasteiger partial charge in [0.1, 0.15) is 0 Å². The maximum Gasteiger partial charge on any atom is 0.0723 e. The molecule has 0 aliphatic heterocycles. The topological polar surface area (TPSA) is 12.4 Å². The minimum absolute atomic E-state index is 0.694. The summed E-state index contributed by atoms with van der Waals surface area (Å²) in [6.45, 7) is 8.69. The van der Waals surface area contributed by atoms with E-state index in [0.29, 0.717) is 6.54 Å². The van der Waals surface area contributed by atoms with E-state index in [-0.39, 0.29) is 0 Å². The molecule has 0 aromatic heterocycles. The van der Waals surface area contributed by atoms with Crippen LogP contribution in [-0.4, -0.2) is 5.71 Å². The molecule has 130 valence electrons. The van der Waals surface area contributed by atoms with Gasteiger partial charge in [-0.25, -0.2) is 0 Å². The number of hydrogen-bond acceptors (Lipinski definition) is 1. The van der Waals surface area contributed by atoms with Crippen molar-refractivity contribution >= 4 is 5.71 Å². The monoisotopic (exact) mass is 331 g/mol. The predicted molar refractivity (Wildman–Crippen MR) is 111 cm³/mol. The van der Waals surface area contributed by atoms with Crippen LogP contribution in [0.1, 0.15) is 44.4 Å². The van der Waals surface area contributed by atoms with Crippen molar-refractivity contribution in [2.45, 2.75) is 34.2 Å². The Morgan fingerprint density at radius 2 is 0.920 bits per heavy atom. The number of rotatable bonds is 4. The highest BCUT2D eigenvalue weighted by Crippen LogP contribution is 2.12. The summed E-state index contributed by atoms with van der Waals surface area (Å²) in [6.07, 6.45) is 0. The van der Waals surface area contributed by atoms with E-state index in [1.54, 1.807) is 0 Å². The molecule has 3 aromatic carbocycles. The second kappa shape index (κ2) is 12.7. The Labute approximate surface area is 153 Å². The van der Waals surface area contributed by atoms with Gasteiger partial charge in [-0.3, -0.25) is 4.99 Å². The SMILES string of the molecule is CC.CC.c1ccc(CN=C(c2ccccc2)c2ccccc2)cc1. The fourth-order valence-corrected chi connectivity index (χ4v) is 2.30. The molecule has 0 heterocycles. The summed E-state index contributed by atoms with van der Waals surface area (Å²) in [6, 6.07) is 31.1. The molecule has 0 fully saturated rings. The molecule has 0 amide bonds. The first-order valence-electron chi connectivity index (χ1n) is 9.13. The van der Waals surface area contributed by atoms with Crippen LogP contribution < -0.4 is 0 Å². The highest BCUT2D eigenvalue weighted by atomic mass is 14.7. The van der Waals surface area contributed by atoms with Crippen LogP contribution >= 0.6 is 0 Å². The van der Waals surface area contributed by atoms with Gasteiger partial charge in [-0.1, -0.05) is 119 Å². The predicted octanol–water partition coefficient (Wildman–Crippen LogP) is 6.78. The van der Waals surface area contributed by atoms with Crippen LogP contribution in [0.3, 0.4) is 0 Å². The second-order valence-corrected chi connectivity index (χ2v) is 4.88. The van der Waals surface area contributed by atoms with Crippen LogP contribution in [0.25, 0.3) is 0 Å². The van der Waals surface area contributed by atoms with Crippen molar-refractivity contribution in [1.29, 1.82) is 0 Å². The molecule has 0 atom stereocenters. The third kappa shape index (κ3) is 6.76. The summed E-state index contributed by atoms with van der Waals surface area (Å²) >= 11 is 0. The first-order valence-corrected chi connectivity index (χ1v) is 9.13. The number of nitrogens with zero attached hydrogens (tertiary/aromatic N) is 1. The second-order valence-electron chi connectivity index (χ2n) is 4.88. The van der Waals surface area contributed by atoms with Gasteiger partial charge in [0.25, 0.3) is 0 Å². The molecule has 0 aliphatic carbocycles. The van der Waals surface area contributed by atoms with Crippen molar-refractivity contribution in [2.75, 3.05) is 0 Å². The summed E-state index contributed by atoms with van der Waals surface area (Å²) < 4.78 is 0. The number of hydrogen-bond donors (Lipinski definition) is 0. The van der Waals surface area contributed by atoms with Gasteiger partial charge in [-0.2, -0.15) is 0 Å². The molecular weight excluding hydrogens is 302 g/mol. The molecule has 0 unspecified atom stereocenters. The Kier molecular flexibility index (Phi) is 10.4. The van der Waals surface area contributed by atoms with Crippen LogP contribution in [0.15, 0.2) is 96.0 Å². The molecule has 1 heteroatoms. The normalized spacial score (nSPS) is 8.96. The molecular formula is C24H29N.